The summed E-state index contributed by atoms with van der Waals surface area (Å²) >= 11 is 7.73. The van der Waals surface area contributed by atoms with Crippen molar-refractivity contribution in [3.05, 3.63) is 39.7 Å². The van der Waals surface area contributed by atoms with Crippen LogP contribution in [-0.4, -0.2) is 22.4 Å². The predicted molar refractivity (Wildman–Crippen MR) is 99.7 cm³/mol. The molecule has 0 aliphatic heterocycles. The number of nitrogens with zero attached hydrogens (tertiary/aromatic N) is 2. The van der Waals surface area contributed by atoms with Crippen molar-refractivity contribution >= 4 is 45.0 Å². The molecular weight excluding hydrogens is 344 g/mol. The summed E-state index contributed by atoms with van der Waals surface area (Å²) in [6.07, 6.45) is 0.904. The Morgan fingerprint density at radius 3 is 2.75 bits per heavy atom. The van der Waals surface area contributed by atoms with E-state index in [2.05, 4.69) is 22.2 Å². The Morgan fingerprint density at radius 2 is 2.08 bits per heavy atom. The van der Waals surface area contributed by atoms with Gasteiger partial charge in [0.2, 0.25) is 5.95 Å². The standard InChI is InChI=1S/C17H17ClN4OS/c1-3-9-5-6-10(12(18)7-9)14-11-8-13(15(23)20-4-2)24-16(11)22-17(19)21-14/h5-8H,3-4H2,1-2H3,(H,20,23)(H2,19,21,22). The van der Waals surface area contributed by atoms with Gasteiger partial charge in [0.1, 0.15) is 4.83 Å². The number of anilines is 1. The number of nitrogens with two attached hydrogens (primary N) is 1. The highest BCUT2D eigenvalue weighted by Crippen LogP contribution is 2.36. The largest absolute Gasteiger partial charge is 0.368 e. The Labute approximate surface area is 148 Å². The third-order valence-corrected chi connectivity index (χ3v) is 5.01. The number of rotatable bonds is 4. The second-order valence-corrected chi connectivity index (χ2v) is 6.72. The number of halogens is 1. The summed E-state index contributed by atoms with van der Waals surface area (Å²) < 4.78 is 0. The van der Waals surface area contributed by atoms with Crippen LogP contribution in [0.3, 0.4) is 0 Å². The summed E-state index contributed by atoms with van der Waals surface area (Å²) in [5.41, 5.74) is 8.44. The van der Waals surface area contributed by atoms with Gasteiger partial charge in [-0.05, 0) is 31.0 Å². The highest BCUT2D eigenvalue weighted by atomic mass is 35.5. The molecule has 3 rings (SSSR count). The lowest BCUT2D eigenvalue weighted by Crippen LogP contribution is -2.21. The first-order valence-corrected chi connectivity index (χ1v) is 8.87. The molecule has 1 amide bonds. The van der Waals surface area contributed by atoms with Crippen molar-refractivity contribution in [3.63, 3.8) is 0 Å². The fourth-order valence-corrected chi connectivity index (χ4v) is 3.72. The molecule has 0 saturated heterocycles. The molecule has 0 spiro atoms. The van der Waals surface area contributed by atoms with Crippen molar-refractivity contribution in [2.45, 2.75) is 20.3 Å². The fraction of sp³-hybridized carbons (Fsp3) is 0.235. The minimum atomic E-state index is -0.127. The van der Waals surface area contributed by atoms with Gasteiger partial charge in [-0.2, -0.15) is 0 Å². The maximum absolute atomic E-state index is 12.1. The number of hydrogen-bond donors (Lipinski definition) is 2. The molecule has 7 heteroatoms. The predicted octanol–water partition coefficient (Wildman–Crippen LogP) is 3.91. The third-order valence-electron chi connectivity index (χ3n) is 3.67. The van der Waals surface area contributed by atoms with Crippen LogP contribution in [0.4, 0.5) is 5.95 Å². The van der Waals surface area contributed by atoms with E-state index in [0.717, 1.165) is 22.9 Å². The number of carbonyl (C=O) groups is 1. The Morgan fingerprint density at radius 1 is 1.29 bits per heavy atom. The lowest BCUT2D eigenvalue weighted by atomic mass is 10.1. The number of fused-ring (bicyclic) bond motifs is 1. The van der Waals surface area contributed by atoms with Crippen LogP contribution in [0.15, 0.2) is 24.3 Å². The SMILES string of the molecule is CCNC(=O)c1cc2c(-c3ccc(CC)cc3Cl)nc(N)nc2s1. The lowest BCUT2D eigenvalue weighted by Gasteiger charge is -2.07. The molecular formula is C17H17ClN4OS. The van der Waals surface area contributed by atoms with Crippen molar-refractivity contribution in [3.8, 4) is 11.3 Å². The molecule has 3 N–H and O–H groups in total. The van der Waals surface area contributed by atoms with Crippen LogP contribution in [0.2, 0.25) is 5.02 Å². The fourth-order valence-electron chi connectivity index (χ4n) is 2.47. The zero-order valence-electron chi connectivity index (χ0n) is 13.4. The minimum Gasteiger partial charge on any atom is -0.368 e. The molecule has 1 aromatic carbocycles. The molecule has 0 radical (unpaired) electrons. The second-order valence-electron chi connectivity index (χ2n) is 5.29. The van der Waals surface area contributed by atoms with Crippen LogP contribution >= 0.6 is 22.9 Å². The number of benzene rings is 1. The maximum Gasteiger partial charge on any atom is 0.261 e. The number of amides is 1. The van der Waals surface area contributed by atoms with Gasteiger partial charge in [0.25, 0.3) is 5.91 Å². The number of carbonyl (C=O) groups excluding carboxylic acids is 1. The molecule has 0 aliphatic carbocycles. The van der Waals surface area contributed by atoms with E-state index < -0.39 is 0 Å². The molecule has 2 aromatic heterocycles. The Balaban J connectivity index is 2.18. The van der Waals surface area contributed by atoms with E-state index in [1.54, 1.807) is 6.07 Å². The molecule has 2 heterocycles. The topological polar surface area (TPSA) is 80.9 Å². The lowest BCUT2D eigenvalue weighted by molar-refractivity contribution is 0.0960. The zero-order chi connectivity index (χ0) is 17.3. The quantitative estimate of drug-likeness (QED) is 0.739. The second kappa shape index (κ2) is 6.75. The van der Waals surface area contributed by atoms with Crippen molar-refractivity contribution < 1.29 is 4.79 Å². The van der Waals surface area contributed by atoms with Crippen LogP contribution in [0, 0.1) is 0 Å². The Hall–Kier alpha value is -2.18. The van der Waals surface area contributed by atoms with E-state index in [4.69, 9.17) is 17.3 Å². The first-order valence-electron chi connectivity index (χ1n) is 7.67. The van der Waals surface area contributed by atoms with Gasteiger partial charge in [-0.15, -0.1) is 11.3 Å². The minimum absolute atomic E-state index is 0.127. The van der Waals surface area contributed by atoms with E-state index in [1.165, 1.54) is 11.3 Å². The van der Waals surface area contributed by atoms with E-state index >= 15 is 0 Å². The van der Waals surface area contributed by atoms with Gasteiger partial charge in [-0.25, -0.2) is 9.97 Å². The van der Waals surface area contributed by atoms with E-state index in [-0.39, 0.29) is 11.9 Å². The molecule has 0 aliphatic rings. The first-order chi connectivity index (χ1) is 11.5. The normalized spacial score (nSPS) is 11.0. The molecule has 0 bridgehead atoms. The first kappa shape index (κ1) is 16.7. The molecule has 0 unspecified atom stereocenters. The molecule has 5 nitrogen and oxygen atoms in total. The molecule has 24 heavy (non-hydrogen) atoms. The number of aromatic nitrogens is 2. The summed E-state index contributed by atoms with van der Waals surface area (Å²) in [5, 5.41) is 4.18. The van der Waals surface area contributed by atoms with Crippen molar-refractivity contribution in [2.24, 2.45) is 0 Å². The molecule has 124 valence electrons. The van der Waals surface area contributed by atoms with Gasteiger partial charge in [-0.1, -0.05) is 30.7 Å². The number of nitrogens with one attached hydrogen (secondary N) is 1. The molecule has 3 aromatic rings. The van der Waals surface area contributed by atoms with E-state index in [1.807, 2.05) is 25.1 Å². The van der Waals surface area contributed by atoms with Crippen molar-refractivity contribution in [1.29, 1.82) is 0 Å². The zero-order valence-corrected chi connectivity index (χ0v) is 15.0. The van der Waals surface area contributed by atoms with Crippen molar-refractivity contribution in [2.75, 3.05) is 12.3 Å². The summed E-state index contributed by atoms with van der Waals surface area (Å²) in [7, 11) is 0. The third kappa shape index (κ3) is 3.07. The van der Waals surface area contributed by atoms with Crippen LogP contribution in [0.25, 0.3) is 21.5 Å². The number of aryl methyl sites for hydroxylation is 1. The average molecular weight is 361 g/mol. The van der Waals surface area contributed by atoms with Crippen LogP contribution in [-0.2, 0) is 6.42 Å². The maximum atomic E-state index is 12.1. The van der Waals surface area contributed by atoms with Crippen molar-refractivity contribution in [1.82, 2.24) is 15.3 Å². The van der Waals surface area contributed by atoms with Gasteiger partial charge >= 0.3 is 0 Å². The molecule has 0 fully saturated rings. The number of thiophene rings is 1. The molecule has 0 saturated carbocycles. The van der Waals surface area contributed by atoms with Crippen LogP contribution < -0.4 is 11.1 Å². The number of hydrogen-bond acceptors (Lipinski definition) is 5. The van der Waals surface area contributed by atoms with Gasteiger partial charge in [-0.3, -0.25) is 4.79 Å². The molecule has 0 atom stereocenters. The van der Waals surface area contributed by atoms with Gasteiger partial charge < -0.3 is 11.1 Å². The van der Waals surface area contributed by atoms with E-state index in [9.17, 15) is 4.79 Å². The summed E-state index contributed by atoms with van der Waals surface area (Å²) in [6.45, 7) is 4.52. The summed E-state index contributed by atoms with van der Waals surface area (Å²) in [4.78, 5) is 22.0. The van der Waals surface area contributed by atoms with Gasteiger partial charge in [0.05, 0.1) is 15.6 Å². The number of nitrogen functional groups attached to an aromatic ring is 1. The van der Waals surface area contributed by atoms with Crippen LogP contribution in [0.1, 0.15) is 29.1 Å². The summed E-state index contributed by atoms with van der Waals surface area (Å²) in [5.74, 6) is 0.0369. The highest BCUT2D eigenvalue weighted by Gasteiger charge is 2.17. The smallest absolute Gasteiger partial charge is 0.261 e. The van der Waals surface area contributed by atoms with E-state index in [0.29, 0.717) is 27.0 Å². The highest BCUT2D eigenvalue weighted by molar-refractivity contribution is 7.20. The average Bonchev–Trinajstić information content (AvgIpc) is 2.98. The monoisotopic (exact) mass is 360 g/mol. The summed E-state index contributed by atoms with van der Waals surface area (Å²) in [6, 6.07) is 7.68. The van der Waals surface area contributed by atoms with Crippen LogP contribution in [0.5, 0.6) is 0 Å². The Kier molecular flexibility index (Phi) is 4.69. The van der Waals surface area contributed by atoms with Gasteiger partial charge in [0, 0.05) is 17.5 Å². The van der Waals surface area contributed by atoms with Gasteiger partial charge in [0.15, 0.2) is 0 Å². The Bertz CT molecular complexity index is 922.